The van der Waals surface area contributed by atoms with Gasteiger partial charge in [-0.25, -0.2) is 56.7 Å². The molecule has 10 amide bonds. The molecule has 10 N–H and O–H groups in total. The molecule has 0 aliphatic rings. The van der Waals surface area contributed by atoms with Crippen LogP contribution in [0.5, 0.6) is 0 Å². The zero-order valence-electron chi connectivity index (χ0n) is 67.5. The molecule has 0 saturated heterocycles. The number of benzene rings is 5. The van der Waals surface area contributed by atoms with E-state index in [9.17, 15) is 82.3 Å². The number of carbonyl (C=O) groups excluding carboxylic acids is 5. The molecule has 5 aromatic carbocycles. The van der Waals surface area contributed by atoms with Gasteiger partial charge < -0.3 is 74.2 Å². The Kier molecular flexibility index (Phi) is 28.6. The number of halogens is 3. The first-order valence-electron chi connectivity index (χ1n) is 36.6. The average molecular weight is 1820 g/mol. The summed E-state index contributed by atoms with van der Waals surface area (Å²) in [4.78, 5) is 128. The minimum Gasteiger partial charge on any atom is -0.508 e. The summed E-state index contributed by atoms with van der Waals surface area (Å²) in [6.07, 6.45) is 0. The van der Waals surface area contributed by atoms with Gasteiger partial charge in [0.15, 0.2) is 27.9 Å². The van der Waals surface area contributed by atoms with Gasteiger partial charge in [-0.05, 0) is 123 Å². The number of rotatable bonds is 15. The highest BCUT2D eigenvalue weighted by molar-refractivity contribution is 7.24. The Labute approximate surface area is 736 Å². The molecule has 15 rings (SSSR count). The Morgan fingerprint density at radius 3 is 0.944 bits per heavy atom. The van der Waals surface area contributed by atoms with Crippen LogP contribution in [0.4, 0.5) is 86.2 Å². The molecule has 38 heteroatoms. The van der Waals surface area contributed by atoms with Gasteiger partial charge in [0, 0.05) is 99.4 Å². The van der Waals surface area contributed by atoms with Crippen molar-refractivity contribution in [2.24, 2.45) is 0 Å². The van der Waals surface area contributed by atoms with Crippen molar-refractivity contribution in [2.75, 3.05) is 86.3 Å². The van der Waals surface area contributed by atoms with Crippen molar-refractivity contribution < 1.29 is 80.4 Å². The van der Waals surface area contributed by atoms with Gasteiger partial charge >= 0.3 is 58.3 Å². The molecule has 0 atom stereocenters. The number of aliphatic hydroxyl groups is 5. The van der Waals surface area contributed by atoms with Gasteiger partial charge in [-0.3, -0.25) is 24.5 Å². The van der Waals surface area contributed by atoms with Gasteiger partial charge in [-0.15, -0.1) is 56.7 Å². The Morgan fingerprint density at radius 2 is 0.635 bits per heavy atom. The Bertz CT molecular complexity index is 7020. The minimum absolute atomic E-state index is 0.00709. The molecular weight excluding hydrogens is 1750 g/mol. The van der Waals surface area contributed by atoms with E-state index < -0.39 is 51.6 Å². The van der Waals surface area contributed by atoms with Crippen LogP contribution in [-0.4, -0.2) is 90.9 Å². The summed E-state index contributed by atoms with van der Waals surface area (Å²) in [6.45, 7) is 22.5. The van der Waals surface area contributed by atoms with E-state index in [2.05, 4.69) is 59.5 Å². The SMILES string of the molecule is C=C(O)c1cc2sc(N(C)C(=O)Nc3ccc(C)cc3)cc2oc1=O.C=C(O)c1cc2sc(N(C)C(=O)Nc3ccc(F)cc3F)cc2oc1=O.C=C(O)c1cc2sc(N(C)C(=O)Nc3cccc(C)c3)cc2oc1=O.C=C(O)c1cc2sc(N(C)C(=O)Nc3cccc(Cl)c3)cc2oc1=O.C=C(O)c1cc2sc(N(C)C(=O)Nc3ccccc3C)cc2oc1=O. The van der Waals surface area contributed by atoms with E-state index in [0.717, 1.165) is 45.8 Å². The first-order valence-corrected chi connectivity index (χ1v) is 41.1. The number of nitrogens with zero attached hydrogens (tertiary/aromatic N) is 5. The van der Waals surface area contributed by atoms with Gasteiger partial charge in [0.1, 0.15) is 93.3 Å². The van der Waals surface area contributed by atoms with Crippen LogP contribution in [0.15, 0.2) is 255 Å². The van der Waals surface area contributed by atoms with Crippen LogP contribution in [-0.2, 0) is 0 Å². The molecule has 0 fully saturated rings. The first-order chi connectivity index (χ1) is 59.7. The van der Waals surface area contributed by atoms with Crippen molar-refractivity contribution in [1.29, 1.82) is 0 Å². The van der Waals surface area contributed by atoms with Crippen molar-refractivity contribution in [2.45, 2.75) is 20.8 Å². The van der Waals surface area contributed by atoms with Gasteiger partial charge in [-0.2, -0.15) is 0 Å². The van der Waals surface area contributed by atoms with E-state index in [4.69, 9.17) is 33.7 Å². The van der Waals surface area contributed by atoms with Crippen molar-refractivity contribution in [3.05, 3.63) is 322 Å². The highest BCUT2D eigenvalue weighted by atomic mass is 35.5. The number of fused-ring (bicyclic) bond motifs is 5. The Hall–Kier alpha value is -15.2. The number of para-hydroxylation sites is 1. The van der Waals surface area contributed by atoms with E-state index in [1.54, 1.807) is 76.7 Å². The maximum absolute atomic E-state index is 13.7. The predicted octanol–water partition coefficient (Wildman–Crippen LogP) is 22.1. The van der Waals surface area contributed by atoms with E-state index in [-0.39, 0.29) is 86.2 Å². The quantitative estimate of drug-likeness (QED) is 0.0426. The van der Waals surface area contributed by atoms with E-state index >= 15 is 0 Å². The molecule has 0 aliphatic heterocycles. The topological polar surface area (TPSA) is 414 Å². The maximum atomic E-state index is 13.7. The molecule has 126 heavy (non-hydrogen) atoms. The monoisotopic (exact) mass is 1820 g/mol. The zero-order chi connectivity index (χ0) is 91.6. The number of carbonyl (C=O) groups is 5. The molecule has 10 heterocycles. The summed E-state index contributed by atoms with van der Waals surface area (Å²) in [5.41, 5.74) is 3.71. The van der Waals surface area contributed by atoms with Crippen LogP contribution in [0, 0.1) is 32.4 Å². The Balaban J connectivity index is 0.000000153. The lowest BCUT2D eigenvalue weighted by atomic mass is 10.2. The molecule has 0 bridgehead atoms. The van der Waals surface area contributed by atoms with Gasteiger partial charge in [0.25, 0.3) is 0 Å². The normalized spacial score (nSPS) is 10.7. The number of nitrogens with one attached hydrogen (secondary N) is 5. The number of urea groups is 5. The summed E-state index contributed by atoms with van der Waals surface area (Å²) >= 11 is 12.1. The van der Waals surface area contributed by atoms with E-state index in [1.807, 2.05) is 93.6 Å². The summed E-state index contributed by atoms with van der Waals surface area (Å²) in [5.74, 6) is -3.50. The molecule has 30 nitrogen and oxygen atoms in total. The molecule has 0 saturated carbocycles. The third kappa shape index (κ3) is 22.2. The average Bonchev–Trinajstić information content (AvgIpc) is 1.67. The number of hydrogen-bond acceptors (Lipinski definition) is 25. The summed E-state index contributed by atoms with van der Waals surface area (Å²) in [7, 11) is 7.90. The molecule has 0 aliphatic carbocycles. The second kappa shape index (κ2) is 39.4. The second-order valence-corrected chi connectivity index (χ2v) is 32.9. The van der Waals surface area contributed by atoms with Crippen LogP contribution in [0.25, 0.3) is 80.2 Å². The standard InChI is InChI=1S/3C18H16N2O4S.C17H13ClN2O4S.C17H12F2N2O4S/c1-10-4-6-12(7-5-10)19-18(23)20(3)16-9-14-15(25-16)8-13(11(2)21)17(22)24-14;1-10-5-4-6-12(7-10)19-18(23)20(3)16-9-14-15(25-16)8-13(11(2)21)17(22)24-14;1-10-6-4-5-7-13(10)19-18(23)20(3)16-9-14-15(25-16)8-12(11(2)21)17(22)24-14;1-9(21)12-7-14-13(24-16(12)22)8-15(25-14)20(2)17(23)19-11-5-3-4-10(18)6-11;1-8(22)10-6-14-13(25-16(10)23)7-15(26-14)21(2)17(24)20-12-4-3-9(18)5-11(12)19/h3*4-9,21H,2H2,1,3H3,(H,19,23);3-8,21H,1H2,2H3,(H,19,23);3-7,22H,1H2,2H3,(H,20,24). The van der Waals surface area contributed by atoms with Crippen molar-refractivity contribution >= 4 is 232 Å². The number of aryl methyl sites for hydroxylation is 3. The predicted molar refractivity (Wildman–Crippen MR) is 499 cm³/mol. The van der Waals surface area contributed by atoms with Gasteiger partial charge in [0.2, 0.25) is 0 Å². The van der Waals surface area contributed by atoms with Crippen LogP contribution in [0.3, 0.4) is 0 Å². The number of thiophene rings is 5. The molecule has 15 aromatic rings. The van der Waals surface area contributed by atoms with Crippen LogP contribution in [0.2, 0.25) is 5.02 Å². The number of amides is 10. The number of hydrogen-bond donors (Lipinski definition) is 10. The zero-order valence-corrected chi connectivity index (χ0v) is 72.4. The molecule has 0 radical (unpaired) electrons. The third-order valence-corrected chi connectivity index (χ3v) is 23.9. The van der Waals surface area contributed by atoms with E-state index in [0.29, 0.717) is 99.0 Å². The van der Waals surface area contributed by atoms with Crippen molar-refractivity contribution in [3.63, 3.8) is 0 Å². The summed E-state index contributed by atoms with van der Waals surface area (Å²) in [6, 6.07) is 45.3. The van der Waals surface area contributed by atoms with Gasteiger partial charge in [0.05, 0.1) is 29.2 Å². The second-order valence-electron chi connectivity index (χ2n) is 27.2. The maximum Gasteiger partial charge on any atom is 0.347 e. The van der Waals surface area contributed by atoms with Gasteiger partial charge in [-0.1, -0.05) is 98.6 Å². The molecular formula is C88H73ClF2N10O20S5. The lowest BCUT2D eigenvalue weighted by Gasteiger charge is -2.16. The smallest absolute Gasteiger partial charge is 0.347 e. The fraction of sp³-hybridized carbons (Fsp3) is 0.0909. The first kappa shape index (κ1) is 91.6. The van der Waals surface area contributed by atoms with Crippen LogP contribution in [0.1, 0.15) is 44.5 Å². The molecule has 0 unspecified atom stereocenters. The highest BCUT2D eigenvalue weighted by Gasteiger charge is 2.25. The fourth-order valence-corrected chi connectivity index (χ4v) is 16.2. The summed E-state index contributed by atoms with van der Waals surface area (Å²) < 4.78 is 55.4. The fourth-order valence-electron chi connectivity index (χ4n) is 11.1. The van der Waals surface area contributed by atoms with Crippen molar-refractivity contribution in [3.8, 4) is 0 Å². The number of anilines is 10. The lowest BCUT2D eigenvalue weighted by molar-refractivity contribution is 0.257. The van der Waals surface area contributed by atoms with E-state index in [1.165, 1.54) is 113 Å². The summed E-state index contributed by atoms with van der Waals surface area (Å²) in [5, 5.41) is 63.9. The van der Waals surface area contributed by atoms with Crippen molar-refractivity contribution in [1.82, 2.24) is 0 Å². The lowest BCUT2D eigenvalue weighted by Crippen LogP contribution is -2.30. The van der Waals surface area contributed by atoms with Crippen LogP contribution >= 0.6 is 68.3 Å². The Morgan fingerprint density at radius 1 is 0.333 bits per heavy atom. The minimum atomic E-state index is -0.903. The molecule has 646 valence electrons. The van der Waals surface area contributed by atoms with Crippen LogP contribution < -0.4 is 79.2 Å². The highest BCUT2D eigenvalue weighted by Crippen LogP contribution is 2.39. The number of aliphatic hydroxyl groups excluding tert-OH is 5. The molecule has 0 spiro atoms. The third-order valence-electron chi connectivity index (χ3n) is 18.0. The largest absolute Gasteiger partial charge is 0.508 e. The molecule has 10 aromatic heterocycles.